The van der Waals surface area contributed by atoms with Crippen LogP contribution in [-0.4, -0.2) is 12.6 Å². The molecule has 2 rings (SSSR count). The number of nitrogen functional groups attached to an aromatic ring is 1. The number of esters is 1. The number of nitrogens with two attached hydrogens (primary N) is 1. The van der Waals surface area contributed by atoms with Gasteiger partial charge in [-0.2, -0.15) is 0 Å². The highest BCUT2D eigenvalue weighted by Crippen LogP contribution is 2.13. The highest BCUT2D eigenvalue weighted by atomic mass is 32.1. The number of carbonyl (C=O) groups excluding carboxylic acids is 1. The topological polar surface area (TPSA) is 61.5 Å². The van der Waals surface area contributed by atoms with Gasteiger partial charge < -0.3 is 15.2 Å². The van der Waals surface area contributed by atoms with Gasteiger partial charge in [0.05, 0.1) is 0 Å². The Morgan fingerprint density at radius 1 is 1.22 bits per heavy atom. The molecule has 0 fully saturated rings. The second-order valence-corrected chi connectivity index (χ2v) is 4.63. The van der Waals surface area contributed by atoms with Gasteiger partial charge in [-0.25, -0.2) is 4.79 Å². The van der Waals surface area contributed by atoms with E-state index in [0.717, 1.165) is 4.88 Å². The summed E-state index contributed by atoms with van der Waals surface area (Å²) in [5.74, 6) is 0.206. The van der Waals surface area contributed by atoms with Crippen molar-refractivity contribution in [1.82, 2.24) is 0 Å². The summed E-state index contributed by atoms with van der Waals surface area (Å²) < 4.78 is 10.3. The minimum Gasteiger partial charge on any atom is -0.482 e. The first-order chi connectivity index (χ1) is 8.74. The summed E-state index contributed by atoms with van der Waals surface area (Å²) in [6, 6.07) is 10.7. The first kappa shape index (κ1) is 12.4. The van der Waals surface area contributed by atoms with Crippen LogP contribution in [0.1, 0.15) is 4.88 Å². The molecule has 5 heteroatoms. The molecule has 0 saturated heterocycles. The van der Waals surface area contributed by atoms with Gasteiger partial charge in [0, 0.05) is 10.6 Å². The van der Waals surface area contributed by atoms with E-state index < -0.39 is 0 Å². The normalized spacial score (nSPS) is 10.0. The predicted molar refractivity (Wildman–Crippen MR) is 70.5 cm³/mol. The van der Waals surface area contributed by atoms with Gasteiger partial charge in [-0.1, -0.05) is 6.07 Å². The van der Waals surface area contributed by atoms with E-state index in [1.54, 1.807) is 35.6 Å². The smallest absolute Gasteiger partial charge is 0.344 e. The lowest BCUT2D eigenvalue weighted by molar-refractivity contribution is -0.147. The molecular formula is C13H13NO3S. The SMILES string of the molecule is Nc1ccc(OCC(=O)OCc2cccs2)cc1. The average molecular weight is 263 g/mol. The molecular weight excluding hydrogens is 250 g/mol. The van der Waals surface area contributed by atoms with Crippen molar-refractivity contribution >= 4 is 23.0 Å². The molecule has 0 unspecified atom stereocenters. The van der Waals surface area contributed by atoms with E-state index in [1.165, 1.54) is 0 Å². The zero-order valence-corrected chi connectivity index (χ0v) is 10.5. The maximum Gasteiger partial charge on any atom is 0.344 e. The van der Waals surface area contributed by atoms with Gasteiger partial charge in [0.25, 0.3) is 0 Å². The number of rotatable bonds is 5. The van der Waals surface area contributed by atoms with Crippen LogP contribution in [-0.2, 0) is 16.1 Å². The van der Waals surface area contributed by atoms with E-state index in [1.807, 2.05) is 17.5 Å². The van der Waals surface area contributed by atoms with Crippen molar-refractivity contribution in [1.29, 1.82) is 0 Å². The molecule has 18 heavy (non-hydrogen) atoms. The van der Waals surface area contributed by atoms with E-state index >= 15 is 0 Å². The molecule has 0 aliphatic rings. The molecule has 0 saturated carbocycles. The van der Waals surface area contributed by atoms with Crippen LogP contribution < -0.4 is 10.5 Å². The molecule has 0 radical (unpaired) electrons. The summed E-state index contributed by atoms with van der Waals surface area (Å²) in [7, 11) is 0. The van der Waals surface area contributed by atoms with Crippen molar-refractivity contribution < 1.29 is 14.3 Å². The molecule has 0 aliphatic heterocycles. The fourth-order valence-electron chi connectivity index (χ4n) is 1.29. The van der Waals surface area contributed by atoms with Gasteiger partial charge in [0.2, 0.25) is 0 Å². The monoisotopic (exact) mass is 263 g/mol. The number of hydrogen-bond acceptors (Lipinski definition) is 5. The third-order valence-electron chi connectivity index (χ3n) is 2.19. The van der Waals surface area contributed by atoms with Crippen molar-refractivity contribution in [3.63, 3.8) is 0 Å². The van der Waals surface area contributed by atoms with E-state index in [-0.39, 0.29) is 12.6 Å². The third kappa shape index (κ3) is 3.78. The van der Waals surface area contributed by atoms with Crippen LogP contribution in [0.25, 0.3) is 0 Å². The Hall–Kier alpha value is -2.01. The Labute approximate surface area is 109 Å². The molecule has 0 bridgehead atoms. The molecule has 1 aromatic carbocycles. The zero-order chi connectivity index (χ0) is 12.8. The first-order valence-corrected chi connectivity index (χ1v) is 6.28. The Bertz CT molecular complexity index is 493. The predicted octanol–water partition coefficient (Wildman–Crippen LogP) is 2.45. The summed E-state index contributed by atoms with van der Waals surface area (Å²) >= 11 is 1.55. The molecule has 1 aromatic heterocycles. The lowest BCUT2D eigenvalue weighted by atomic mass is 10.3. The molecule has 2 aromatic rings. The summed E-state index contributed by atoms with van der Waals surface area (Å²) in [6.45, 7) is 0.191. The van der Waals surface area contributed by atoms with Crippen LogP contribution in [0, 0.1) is 0 Å². The Kier molecular flexibility index (Phi) is 4.20. The van der Waals surface area contributed by atoms with Gasteiger partial charge >= 0.3 is 5.97 Å². The number of thiophene rings is 1. The third-order valence-corrected chi connectivity index (χ3v) is 3.04. The van der Waals surface area contributed by atoms with Crippen LogP contribution in [0.2, 0.25) is 0 Å². The second kappa shape index (κ2) is 6.07. The minimum absolute atomic E-state index is 0.102. The number of benzene rings is 1. The molecule has 94 valence electrons. The Morgan fingerprint density at radius 3 is 2.67 bits per heavy atom. The van der Waals surface area contributed by atoms with Crippen molar-refractivity contribution in [2.75, 3.05) is 12.3 Å². The zero-order valence-electron chi connectivity index (χ0n) is 9.67. The highest BCUT2D eigenvalue weighted by molar-refractivity contribution is 7.09. The maximum absolute atomic E-state index is 11.4. The quantitative estimate of drug-likeness (QED) is 0.665. The molecule has 0 amide bonds. The van der Waals surface area contributed by atoms with Crippen LogP contribution >= 0.6 is 11.3 Å². The first-order valence-electron chi connectivity index (χ1n) is 5.40. The minimum atomic E-state index is -0.389. The summed E-state index contributed by atoms with van der Waals surface area (Å²) in [5, 5.41) is 1.94. The van der Waals surface area contributed by atoms with E-state index in [2.05, 4.69) is 0 Å². The molecule has 1 heterocycles. The summed E-state index contributed by atoms with van der Waals surface area (Å²) in [4.78, 5) is 12.4. The largest absolute Gasteiger partial charge is 0.482 e. The van der Waals surface area contributed by atoms with Crippen LogP contribution in [0.3, 0.4) is 0 Å². The lowest BCUT2D eigenvalue weighted by Crippen LogP contribution is -2.14. The molecule has 2 N–H and O–H groups in total. The van der Waals surface area contributed by atoms with Crippen molar-refractivity contribution in [3.8, 4) is 5.75 Å². The van der Waals surface area contributed by atoms with Crippen molar-refractivity contribution in [2.45, 2.75) is 6.61 Å². The molecule has 0 spiro atoms. The van der Waals surface area contributed by atoms with E-state index in [4.69, 9.17) is 15.2 Å². The standard InChI is InChI=1S/C13H13NO3S/c14-10-3-5-11(6-4-10)16-9-13(15)17-8-12-2-1-7-18-12/h1-7H,8-9,14H2. The highest BCUT2D eigenvalue weighted by Gasteiger charge is 2.05. The molecule has 4 nitrogen and oxygen atoms in total. The van der Waals surface area contributed by atoms with Gasteiger partial charge in [0.15, 0.2) is 6.61 Å². The van der Waals surface area contributed by atoms with Gasteiger partial charge in [-0.15, -0.1) is 11.3 Å². The second-order valence-electron chi connectivity index (χ2n) is 3.60. The average Bonchev–Trinajstić information content (AvgIpc) is 2.89. The van der Waals surface area contributed by atoms with E-state index in [9.17, 15) is 4.79 Å². The van der Waals surface area contributed by atoms with Crippen molar-refractivity contribution in [2.24, 2.45) is 0 Å². The number of ether oxygens (including phenoxy) is 2. The van der Waals surface area contributed by atoms with Crippen molar-refractivity contribution in [3.05, 3.63) is 46.7 Å². The summed E-state index contributed by atoms with van der Waals surface area (Å²) in [6.07, 6.45) is 0. The van der Waals surface area contributed by atoms with Crippen LogP contribution in [0.15, 0.2) is 41.8 Å². The van der Waals surface area contributed by atoms with Crippen LogP contribution in [0.4, 0.5) is 5.69 Å². The number of anilines is 1. The van der Waals surface area contributed by atoms with Gasteiger partial charge in [0.1, 0.15) is 12.4 Å². The maximum atomic E-state index is 11.4. The molecule has 0 aliphatic carbocycles. The van der Waals surface area contributed by atoms with Gasteiger partial charge in [-0.3, -0.25) is 0 Å². The van der Waals surface area contributed by atoms with Gasteiger partial charge in [-0.05, 0) is 35.7 Å². The fraction of sp³-hybridized carbons (Fsp3) is 0.154. The Morgan fingerprint density at radius 2 is 2.00 bits per heavy atom. The Balaban J connectivity index is 1.73. The van der Waals surface area contributed by atoms with E-state index in [0.29, 0.717) is 18.0 Å². The lowest BCUT2D eigenvalue weighted by Gasteiger charge is -2.06. The fourth-order valence-corrected chi connectivity index (χ4v) is 1.91. The molecule has 0 atom stereocenters. The summed E-state index contributed by atoms with van der Waals surface area (Å²) in [5.41, 5.74) is 6.19. The van der Waals surface area contributed by atoms with Crippen LogP contribution in [0.5, 0.6) is 5.75 Å². The number of carbonyl (C=O) groups is 1. The number of hydrogen-bond donors (Lipinski definition) is 1.